The molecule has 5 heteroatoms. The Kier molecular flexibility index (Phi) is 6.24. The number of benzene rings is 2. The molecule has 0 aliphatic rings. The summed E-state index contributed by atoms with van der Waals surface area (Å²) in [5, 5.41) is 0. The van der Waals surface area contributed by atoms with Gasteiger partial charge in [0.05, 0.1) is 12.7 Å². The zero-order chi connectivity index (χ0) is 19.3. The van der Waals surface area contributed by atoms with Gasteiger partial charge >= 0.3 is 6.18 Å². The number of allylic oxidation sites excluding steroid dienone is 1. The van der Waals surface area contributed by atoms with E-state index in [0.717, 1.165) is 12.1 Å². The third kappa shape index (κ3) is 5.22. The van der Waals surface area contributed by atoms with Crippen molar-refractivity contribution in [2.75, 3.05) is 7.11 Å². The van der Waals surface area contributed by atoms with E-state index < -0.39 is 11.7 Å². The van der Waals surface area contributed by atoms with Crippen LogP contribution in [-0.2, 0) is 6.18 Å². The van der Waals surface area contributed by atoms with E-state index in [-0.39, 0.29) is 11.7 Å². The maximum atomic E-state index is 12.8. The molecule has 2 aromatic carbocycles. The average molecular weight is 362 g/mol. The van der Waals surface area contributed by atoms with Crippen LogP contribution in [0.3, 0.4) is 0 Å². The standard InChI is InChI=1S/C21H21F3O2/c1-14(2)12-17(20(25)16-6-10-19(26-3)11-7-16)13-15-4-8-18(9-5-15)21(22,23)24/h4-11,13-14H,12H2,1-3H3/b17-13+. The van der Waals surface area contributed by atoms with Crippen molar-refractivity contribution in [3.05, 3.63) is 70.8 Å². The number of carbonyl (C=O) groups is 1. The van der Waals surface area contributed by atoms with Crippen LogP contribution in [-0.4, -0.2) is 12.9 Å². The molecule has 26 heavy (non-hydrogen) atoms. The highest BCUT2D eigenvalue weighted by atomic mass is 19.4. The van der Waals surface area contributed by atoms with Gasteiger partial charge in [-0.3, -0.25) is 4.79 Å². The monoisotopic (exact) mass is 362 g/mol. The predicted octanol–water partition coefficient (Wildman–Crippen LogP) is 6.03. The van der Waals surface area contributed by atoms with Crippen LogP contribution in [0, 0.1) is 5.92 Å². The lowest BCUT2D eigenvalue weighted by Crippen LogP contribution is -2.07. The summed E-state index contributed by atoms with van der Waals surface area (Å²) in [5.74, 6) is 0.748. The minimum absolute atomic E-state index is 0.138. The molecular weight excluding hydrogens is 341 g/mol. The van der Waals surface area contributed by atoms with Gasteiger partial charge in [-0.15, -0.1) is 0 Å². The third-order valence-electron chi connectivity index (χ3n) is 3.85. The normalized spacial score (nSPS) is 12.3. The SMILES string of the molecule is COc1ccc(C(=O)/C(=C/c2ccc(C(F)(F)F)cc2)CC(C)C)cc1. The van der Waals surface area contributed by atoms with E-state index in [1.54, 1.807) is 37.5 Å². The average Bonchev–Trinajstić information content (AvgIpc) is 2.60. The lowest BCUT2D eigenvalue weighted by Gasteiger charge is -2.11. The van der Waals surface area contributed by atoms with Crippen LogP contribution >= 0.6 is 0 Å². The van der Waals surface area contributed by atoms with Crippen LogP contribution in [0.4, 0.5) is 13.2 Å². The second-order valence-corrected chi connectivity index (χ2v) is 6.44. The molecule has 0 unspecified atom stereocenters. The molecule has 0 aromatic heterocycles. The van der Waals surface area contributed by atoms with Crippen molar-refractivity contribution < 1.29 is 22.7 Å². The van der Waals surface area contributed by atoms with Gasteiger partial charge in [0.2, 0.25) is 0 Å². The summed E-state index contributed by atoms with van der Waals surface area (Å²) in [4.78, 5) is 12.8. The molecule has 0 spiro atoms. The molecule has 0 saturated carbocycles. The van der Waals surface area contributed by atoms with E-state index in [1.165, 1.54) is 12.1 Å². The fraction of sp³-hybridized carbons (Fsp3) is 0.286. The Hall–Kier alpha value is -2.56. The Bertz CT molecular complexity index is 770. The van der Waals surface area contributed by atoms with Crippen LogP contribution in [0.5, 0.6) is 5.75 Å². The third-order valence-corrected chi connectivity index (χ3v) is 3.85. The molecule has 0 bridgehead atoms. The van der Waals surface area contributed by atoms with Gasteiger partial charge in [-0.2, -0.15) is 13.2 Å². The number of alkyl halides is 3. The fourth-order valence-corrected chi connectivity index (χ4v) is 2.55. The molecule has 0 saturated heterocycles. The van der Waals surface area contributed by atoms with Crippen molar-refractivity contribution >= 4 is 11.9 Å². The molecule has 0 aliphatic heterocycles. The summed E-state index contributed by atoms with van der Waals surface area (Å²) < 4.78 is 43.1. The quantitative estimate of drug-likeness (QED) is 0.463. The first kappa shape index (κ1) is 19.8. The van der Waals surface area contributed by atoms with Crippen molar-refractivity contribution in [3.63, 3.8) is 0 Å². The highest BCUT2D eigenvalue weighted by Gasteiger charge is 2.29. The van der Waals surface area contributed by atoms with Gasteiger partial charge < -0.3 is 4.74 Å². The van der Waals surface area contributed by atoms with Gasteiger partial charge in [0.25, 0.3) is 0 Å². The molecule has 2 aromatic rings. The van der Waals surface area contributed by atoms with Gasteiger partial charge in [-0.05, 0) is 60.4 Å². The maximum absolute atomic E-state index is 12.8. The van der Waals surface area contributed by atoms with Crippen molar-refractivity contribution in [1.29, 1.82) is 0 Å². The largest absolute Gasteiger partial charge is 0.497 e. The molecule has 0 radical (unpaired) electrons. The number of rotatable bonds is 6. The Morgan fingerprint density at radius 3 is 2.08 bits per heavy atom. The molecular formula is C21H21F3O2. The molecule has 0 fully saturated rings. The van der Waals surface area contributed by atoms with Gasteiger partial charge in [0, 0.05) is 11.1 Å². The minimum Gasteiger partial charge on any atom is -0.497 e. The minimum atomic E-state index is -4.37. The smallest absolute Gasteiger partial charge is 0.416 e. The summed E-state index contributed by atoms with van der Waals surface area (Å²) in [7, 11) is 1.55. The Balaban J connectivity index is 2.33. The first-order chi connectivity index (χ1) is 12.2. The number of ketones is 1. The molecule has 0 amide bonds. The molecule has 0 aliphatic carbocycles. The number of hydrogen-bond acceptors (Lipinski definition) is 2. The van der Waals surface area contributed by atoms with E-state index in [0.29, 0.717) is 28.9 Å². The first-order valence-electron chi connectivity index (χ1n) is 8.27. The fourth-order valence-electron chi connectivity index (χ4n) is 2.55. The van der Waals surface area contributed by atoms with Crippen molar-refractivity contribution in [1.82, 2.24) is 0 Å². The number of methoxy groups -OCH3 is 1. The second-order valence-electron chi connectivity index (χ2n) is 6.44. The highest BCUT2D eigenvalue weighted by Crippen LogP contribution is 2.30. The molecule has 0 atom stereocenters. The van der Waals surface area contributed by atoms with Crippen molar-refractivity contribution in [3.8, 4) is 5.75 Å². The Morgan fingerprint density at radius 1 is 1.04 bits per heavy atom. The molecule has 0 N–H and O–H groups in total. The van der Waals surface area contributed by atoms with Crippen LogP contribution in [0.2, 0.25) is 0 Å². The van der Waals surface area contributed by atoms with Gasteiger partial charge in [0.1, 0.15) is 5.75 Å². The lowest BCUT2D eigenvalue weighted by molar-refractivity contribution is -0.137. The summed E-state index contributed by atoms with van der Waals surface area (Å²) in [6, 6.07) is 11.6. The van der Waals surface area contributed by atoms with E-state index >= 15 is 0 Å². The second kappa shape index (κ2) is 8.21. The van der Waals surface area contributed by atoms with Crippen LogP contribution in [0.1, 0.15) is 41.8 Å². The van der Waals surface area contributed by atoms with E-state index in [2.05, 4.69) is 0 Å². The summed E-state index contributed by atoms with van der Waals surface area (Å²) in [6.07, 6.45) is -2.18. The number of hydrogen-bond donors (Lipinski definition) is 0. The Morgan fingerprint density at radius 2 is 1.62 bits per heavy atom. The zero-order valence-electron chi connectivity index (χ0n) is 14.9. The number of halogens is 3. The molecule has 2 rings (SSSR count). The van der Waals surface area contributed by atoms with E-state index in [4.69, 9.17) is 4.74 Å². The van der Waals surface area contributed by atoms with Crippen molar-refractivity contribution in [2.24, 2.45) is 5.92 Å². The summed E-state index contributed by atoms with van der Waals surface area (Å²) >= 11 is 0. The zero-order valence-corrected chi connectivity index (χ0v) is 14.9. The maximum Gasteiger partial charge on any atom is 0.416 e. The molecule has 0 heterocycles. The van der Waals surface area contributed by atoms with Gasteiger partial charge in [-0.25, -0.2) is 0 Å². The lowest BCUT2D eigenvalue weighted by atomic mass is 9.93. The van der Waals surface area contributed by atoms with Crippen LogP contribution in [0.15, 0.2) is 54.1 Å². The van der Waals surface area contributed by atoms with Gasteiger partial charge in [-0.1, -0.05) is 26.0 Å². The van der Waals surface area contributed by atoms with Crippen molar-refractivity contribution in [2.45, 2.75) is 26.4 Å². The van der Waals surface area contributed by atoms with E-state index in [1.807, 2.05) is 13.8 Å². The summed E-state index contributed by atoms with van der Waals surface area (Å²) in [6.45, 7) is 3.98. The number of ether oxygens (including phenoxy) is 1. The predicted molar refractivity (Wildman–Crippen MR) is 96.2 cm³/mol. The Labute approximate surface area is 151 Å². The van der Waals surface area contributed by atoms with Crippen LogP contribution in [0.25, 0.3) is 6.08 Å². The number of carbonyl (C=O) groups excluding carboxylic acids is 1. The summed E-state index contributed by atoms with van der Waals surface area (Å²) in [5.41, 5.74) is 0.937. The molecule has 2 nitrogen and oxygen atoms in total. The van der Waals surface area contributed by atoms with E-state index in [9.17, 15) is 18.0 Å². The first-order valence-corrected chi connectivity index (χ1v) is 8.27. The van der Waals surface area contributed by atoms with Gasteiger partial charge in [0.15, 0.2) is 5.78 Å². The number of Topliss-reactive ketones (excluding diaryl/α,β-unsaturated/α-hetero) is 1. The topological polar surface area (TPSA) is 26.3 Å². The molecule has 138 valence electrons. The highest BCUT2D eigenvalue weighted by molar-refractivity contribution is 6.11. The van der Waals surface area contributed by atoms with Crippen LogP contribution < -0.4 is 4.74 Å².